The van der Waals surface area contributed by atoms with Gasteiger partial charge in [0.05, 0.1) is 15.0 Å². The van der Waals surface area contributed by atoms with E-state index < -0.39 is 0 Å². The summed E-state index contributed by atoms with van der Waals surface area (Å²) in [6.07, 6.45) is 3.31. The van der Waals surface area contributed by atoms with E-state index in [1.165, 1.54) is 11.3 Å². The quantitative estimate of drug-likeness (QED) is 0.924. The minimum Gasteiger partial charge on any atom is -0.345 e. The van der Waals surface area contributed by atoms with Gasteiger partial charge in [0.2, 0.25) is 0 Å². The van der Waals surface area contributed by atoms with E-state index in [0.717, 1.165) is 3.79 Å². The summed E-state index contributed by atoms with van der Waals surface area (Å²) in [6, 6.07) is 1.61. The van der Waals surface area contributed by atoms with Crippen LogP contribution in [-0.2, 0) is 7.05 Å². The molecule has 0 aliphatic carbocycles. The zero-order valence-corrected chi connectivity index (χ0v) is 11.4. The largest absolute Gasteiger partial charge is 0.345 e. The van der Waals surface area contributed by atoms with Gasteiger partial charge < -0.3 is 4.57 Å². The van der Waals surface area contributed by atoms with E-state index in [1.54, 1.807) is 30.1 Å². The Bertz CT molecular complexity index is 537. The summed E-state index contributed by atoms with van der Waals surface area (Å²) in [6.45, 7) is 0. The highest BCUT2D eigenvalue weighted by Gasteiger charge is 2.12. The number of thiazole rings is 1. The number of rotatable bonds is 2. The number of aromatic nitrogens is 2. The van der Waals surface area contributed by atoms with E-state index in [-0.39, 0.29) is 5.91 Å². The van der Waals surface area contributed by atoms with Gasteiger partial charge >= 0.3 is 0 Å². The number of carbonyl (C=O) groups excluding carboxylic acids is 1. The average Bonchev–Trinajstić information content (AvgIpc) is 2.73. The van der Waals surface area contributed by atoms with Crippen LogP contribution >= 0.6 is 38.9 Å². The van der Waals surface area contributed by atoms with Crippen LogP contribution in [0.4, 0.5) is 5.13 Å². The van der Waals surface area contributed by atoms with E-state index in [9.17, 15) is 4.79 Å². The predicted octanol–water partition coefficient (Wildman–Crippen LogP) is 3.15. The summed E-state index contributed by atoms with van der Waals surface area (Å²) in [5.41, 5.74) is 0.497. The van der Waals surface area contributed by atoms with Crippen molar-refractivity contribution >= 4 is 49.9 Å². The zero-order chi connectivity index (χ0) is 11.7. The highest BCUT2D eigenvalue weighted by molar-refractivity contribution is 9.11. The van der Waals surface area contributed by atoms with E-state index >= 15 is 0 Å². The molecule has 0 saturated carbocycles. The molecule has 0 spiro atoms. The molecule has 1 amide bonds. The van der Waals surface area contributed by atoms with Gasteiger partial charge in [-0.05, 0) is 22.0 Å². The van der Waals surface area contributed by atoms with Crippen LogP contribution in [0.5, 0.6) is 0 Å². The molecule has 84 valence electrons. The Balaban J connectivity index is 2.17. The molecule has 0 radical (unpaired) electrons. The first-order chi connectivity index (χ1) is 7.56. The molecule has 0 unspecified atom stereocenters. The second kappa shape index (κ2) is 4.57. The maximum Gasteiger partial charge on any atom is 0.274 e. The van der Waals surface area contributed by atoms with E-state index in [0.29, 0.717) is 15.8 Å². The normalized spacial score (nSPS) is 10.4. The number of anilines is 1. The topological polar surface area (TPSA) is 46.9 Å². The van der Waals surface area contributed by atoms with Crippen LogP contribution < -0.4 is 5.32 Å². The van der Waals surface area contributed by atoms with E-state index in [1.807, 2.05) is 0 Å². The lowest BCUT2D eigenvalue weighted by molar-refractivity contribution is 0.101. The minimum absolute atomic E-state index is 0.226. The minimum atomic E-state index is -0.226. The maximum absolute atomic E-state index is 11.8. The van der Waals surface area contributed by atoms with Crippen molar-refractivity contribution in [3.63, 3.8) is 0 Å². The van der Waals surface area contributed by atoms with Crippen LogP contribution in [0.25, 0.3) is 0 Å². The van der Waals surface area contributed by atoms with Gasteiger partial charge in [-0.15, -0.1) is 0 Å². The van der Waals surface area contributed by atoms with Crippen molar-refractivity contribution in [2.45, 2.75) is 0 Å². The highest BCUT2D eigenvalue weighted by Crippen LogP contribution is 2.24. The number of amides is 1. The Kier molecular flexibility index (Phi) is 3.32. The van der Waals surface area contributed by atoms with Crippen LogP contribution in [0, 0.1) is 0 Å². The summed E-state index contributed by atoms with van der Waals surface area (Å²) < 4.78 is 2.54. The molecule has 7 heteroatoms. The molecule has 0 bridgehead atoms. The highest BCUT2D eigenvalue weighted by atomic mass is 79.9. The van der Waals surface area contributed by atoms with Crippen LogP contribution in [0.2, 0.25) is 5.02 Å². The third-order valence-corrected chi connectivity index (χ3v) is 3.50. The predicted molar refractivity (Wildman–Crippen MR) is 68.2 cm³/mol. The van der Waals surface area contributed by atoms with Gasteiger partial charge in [-0.2, -0.15) is 0 Å². The molecule has 0 aromatic carbocycles. The summed E-state index contributed by atoms with van der Waals surface area (Å²) in [4.78, 5) is 15.8. The SMILES string of the molecule is Cn1cc(Cl)cc1C(=O)Nc1ncc(Br)s1. The average molecular weight is 321 g/mol. The van der Waals surface area contributed by atoms with Gasteiger partial charge in [0.25, 0.3) is 5.91 Å². The fourth-order valence-electron chi connectivity index (χ4n) is 1.22. The lowest BCUT2D eigenvalue weighted by Crippen LogP contribution is -2.14. The Morgan fingerprint density at radius 1 is 1.69 bits per heavy atom. The van der Waals surface area contributed by atoms with Crippen molar-refractivity contribution < 1.29 is 4.79 Å². The van der Waals surface area contributed by atoms with Gasteiger partial charge in [0.1, 0.15) is 5.69 Å². The second-order valence-corrected chi connectivity index (χ2v) is 5.92. The van der Waals surface area contributed by atoms with Crippen molar-refractivity contribution in [1.82, 2.24) is 9.55 Å². The third-order valence-electron chi connectivity index (χ3n) is 1.90. The number of hydrogen-bond acceptors (Lipinski definition) is 3. The Hall–Kier alpha value is -0.850. The maximum atomic E-state index is 11.8. The lowest BCUT2D eigenvalue weighted by atomic mass is 10.4. The van der Waals surface area contributed by atoms with Crippen LogP contribution in [0.15, 0.2) is 22.2 Å². The molecule has 16 heavy (non-hydrogen) atoms. The summed E-state index contributed by atoms with van der Waals surface area (Å²) in [5.74, 6) is -0.226. The molecule has 0 fully saturated rings. The number of hydrogen-bond donors (Lipinski definition) is 1. The molecular formula is C9H7BrClN3OS. The standard InChI is InChI=1S/C9H7BrClN3OS/c1-14-4-5(11)2-6(14)8(15)13-9-12-3-7(10)16-9/h2-4H,1H3,(H,12,13,15). The van der Waals surface area contributed by atoms with E-state index in [2.05, 4.69) is 26.2 Å². The number of nitrogens with zero attached hydrogens (tertiary/aromatic N) is 2. The fourth-order valence-corrected chi connectivity index (χ4v) is 2.57. The Morgan fingerprint density at radius 3 is 2.94 bits per heavy atom. The van der Waals surface area contributed by atoms with Gasteiger partial charge in [-0.3, -0.25) is 10.1 Å². The molecule has 2 rings (SSSR count). The number of carbonyl (C=O) groups is 1. The smallest absolute Gasteiger partial charge is 0.274 e. The molecule has 4 nitrogen and oxygen atoms in total. The molecule has 0 aliphatic heterocycles. The monoisotopic (exact) mass is 319 g/mol. The van der Waals surface area contributed by atoms with Crippen molar-refractivity contribution in [1.29, 1.82) is 0 Å². The molecule has 2 heterocycles. The summed E-state index contributed by atoms with van der Waals surface area (Å²) in [7, 11) is 1.76. The molecule has 0 atom stereocenters. The lowest BCUT2D eigenvalue weighted by Gasteiger charge is -2.01. The van der Waals surface area contributed by atoms with Gasteiger partial charge in [-0.1, -0.05) is 22.9 Å². The first-order valence-electron chi connectivity index (χ1n) is 4.31. The van der Waals surface area contributed by atoms with Crippen molar-refractivity contribution in [3.05, 3.63) is 33.0 Å². The molecule has 0 aliphatic rings. The van der Waals surface area contributed by atoms with Crippen molar-refractivity contribution in [3.8, 4) is 0 Å². The van der Waals surface area contributed by atoms with Gasteiger partial charge in [-0.25, -0.2) is 4.98 Å². The first-order valence-corrected chi connectivity index (χ1v) is 6.29. The summed E-state index contributed by atoms with van der Waals surface area (Å²) in [5, 5.41) is 3.78. The Labute approximate surface area is 109 Å². The summed E-state index contributed by atoms with van der Waals surface area (Å²) >= 11 is 10.4. The Morgan fingerprint density at radius 2 is 2.44 bits per heavy atom. The van der Waals surface area contributed by atoms with Gasteiger partial charge in [0, 0.05) is 13.2 Å². The molecule has 1 N–H and O–H groups in total. The molecule has 2 aromatic heterocycles. The van der Waals surface area contributed by atoms with Crippen LogP contribution in [0.1, 0.15) is 10.5 Å². The van der Waals surface area contributed by atoms with Gasteiger partial charge in [0.15, 0.2) is 5.13 Å². The van der Waals surface area contributed by atoms with E-state index in [4.69, 9.17) is 11.6 Å². The third kappa shape index (κ3) is 2.45. The number of aryl methyl sites for hydroxylation is 1. The first kappa shape index (κ1) is 11.6. The molecular weight excluding hydrogens is 314 g/mol. The molecule has 0 saturated heterocycles. The van der Waals surface area contributed by atoms with Crippen molar-refractivity contribution in [2.24, 2.45) is 7.05 Å². The van der Waals surface area contributed by atoms with Crippen LogP contribution in [0.3, 0.4) is 0 Å². The van der Waals surface area contributed by atoms with Crippen molar-refractivity contribution in [2.75, 3.05) is 5.32 Å². The number of nitrogens with one attached hydrogen (secondary N) is 1. The van der Waals surface area contributed by atoms with Crippen LogP contribution in [-0.4, -0.2) is 15.5 Å². The second-order valence-electron chi connectivity index (χ2n) is 3.08. The fraction of sp³-hybridized carbons (Fsp3) is 0.111. The zero-order valence-electron chi connectivity index (χ0n) is 8.20. The molecule has 2 aromatic rings. The number of halogens is 2.